The van der Waals surface area contributed by atoms with Crippen molar-refractivity contribution in [3.63, 3.8) is 0 Å². The first-order valence-corrected chi connectivity index (χ1v) is 6.62. The molecule has 2 atom stereocenters. The van der Waals surface area contributed by atoms with Crippen LogP contribution in [-0.4, -0.2) is 29.5 Å². The van der Waals surface area contributed by atoms with Gasteiger partial charge in [0.2, 0.25) is 0 Å². The highest BCUT2D eigenvalue weighted by Crippen LogP contribution is 2.39. The maximum atomic E-state index is 5.94. The first-order chi connectivity index (χ1) is 8.31. The fourth-order valence-electron chi connectivity index (χ4n) is 2.47. The van der Waals surface area contributed by atoms with Gasteiger partial charge < -0.3 is 10.1 Å². The molecule has 2 rings (SSSR count). The summed E-state index contributed by atoms with van der Waals surface area (Å²) in [5, 5.41) is 7.75. The van der Waals surface area contributed by atoms with Crippen LogP contribution >= 0.6 is 0 Å². The summed E-state index contributed by atoms with van der Waals surface area (Å²) in [5.74, 6) is 0.715. The normalized spacial score (nSPS) is 19.2. The van der Waals surface area contributed by atoms with Gasteiger partial charge in [-0.15, -0.1) is 0 Å². The van der Waals surface area contributed by atoms with E-state index in [4.69, 9.17) is 4.74 Å². The maximum absolute atomic E-state index is 5.94. The first-order valence-electron chi connectivity index (χ1n) is 6.62. The predicted octanol–water partition coefficient (Wildman–Crippen LogP) is 1.98. The SMILES string of the molecule is CCOC(C1CC1)C(NC)c1ccnn1CC. The van der Waals surface area contributed by atoms with Crippen LogP contribution < -0.4 is 5.32 Å². The Kier molecular flexibility index (Phi) is 4.18. The molecule has 1 N–H and O–H groups in total. The first kappa shape index (κ1) is 12.6. The third kappa shape index (κ3) is 2.69. The van der Waals surface area contributed by atoms with Crippen molar-refractivity contribution in [3.8, 4) is 0 Å². The lowest BCUT2D eigenvalue weighted by molar-refractivity contribution is 0.0183. The molecule has 1 saturated carbocycles. The quantitative estimate of drug-likeness (QED) is 0.788. The Morgan fingerprint density at radius 3 is 2.82 bits per heavy atom. The average Bonchev–Trinajstić information content (AvgIpc) is 3.08. The fraction of sp³-hybridized carbons (Fsp3) is 0.769. The lowest BCUT2D eigenvalue weighted by atomic mass is 10.0. The Hall–Kier alpha value is -0.870. The zero-order chi connectivity index (χ0) is 12.3. The van der Waals surface area contributed by atoms with E-state index in [1.807, 2.05) is 13.2 Å². The molecular formula is C13H23N3O. The Bertz CT molecular complexity index is 346. The molecule has 0 aliphatic heterocycles. The molecule has 0 bridgehead atoms. The molecule has 1 fully saturated rings. The molecule has 2 unspecified atom stereocenters. The second-order valence-corrected chi connectivity index (χ2v) is 4.60. The van der Waals surface area contributed by atoms with Gasteiger partial charge >= 0.3 is 0 Å². The summed E-state index contributed by atoms with van der Waals surface area (Å²) in [4.78, 5) is 0. The molecular weight excluding hydrogens is 214 g/mol. The van der Waals surface area contributed by atoms with E-state index in [9.17, 15) is 0 Å². The molecule has 1 heterocycles. The second kappa shape index (κ2) is 5.65. The number of rotatable bonds is 7. The van der Waals surface area contributed by atoms with Crippen LogP contribution in [0, 0.1) is 5.92 Å². The van der Waals surface area contributed by atoms with E-state index in [-0.39, 0.29) is 12.1 Å². The van der Waals surface area contributed by atoms with Crippen molar-refractivity contribution in [2.24, 2.45) is 5.92 Å². The number of nitrogens with one attached hydrogen (secondary N) is 1. The monoisotopic (exact) mass is 237 g/mol. The minimum absolute atomic E-state index is 0.255. The molecule has 0 spiro atoms. The summed E-state index contributed by atoms with van der Waals surface area (Å²) >= 11 is 0. The fourth-order valence-corrected chi connectivity index (χ4v) is 2.47. The van der Waals surface area contributed by atoms with E-state index in [2.05, 4.69) is 35.0 Å². The molecule has 1 aliphatic rings. The number of likely N-dealkylation sites (N-methyl/N-ethyl adjacent to an activating group) is 1. The van der Waals surface area contributed by atoms with Gasteiger partial charge in [-0.2, -0.15) is 5.10 Å². The summed E-state index contributed by atoms with van der Waals surface area (Å²) in [6.07, 6.45) is 4.75. The van der Waals surface area contributed by atoms with Gasteiger partial charge in [0.15, 0.2) is 0 Å². The van der Waals surface area contributed by atoms with Crippen molar-refractivity contribution < 1.29 is 4.74 Å². The number of hydrogen-bond donors (Lipinski definition) is 1. The molecule has 0 aromatic carbocycles. The molecule has 96 valence electrons. The van der Waals surface area contributed by atoms with Crippen molar-refractivity contribution in [2.45, 2.75) is 45.4 Å². The third-order valence-corrected chi connectivity index (χ3v) is 3.45. The van der Waals surface area contributed by atoms with Crippen molar-refractivity contribution in [1.29, 1.82) is 0 Å². The summed E-state index contributed by atoms with van der Waals surface area (Å²) in [6, 6.07) is 2.35. The number of aryl methyl sites for hydroxylation is 1. The third-order valence-electron chi connectivity index (χ3n) is 3.45. The van der Waals surface area contributed by atoms with Crippen LogP contribution in [-0.2, 0) is 11.3 Å². The van der Waals surface area contributed by atoms with Crippen LogP contribution in [0.15, 0.2) is 12.3 Å². The molecule has 1 aromatic rings. The zero-order valence-electron chi connectivity index (χ0n) is 11.0. The minimum Gasteiger partial charge on any atom is -0.376 e. The summed E-state index contributed by atoms with van der Waals surface area (Å²) in [7, 11) is 2.01. The van der Waals surface area contributed by atoms with Crippen LogP contribution in [0.4, 0.5) is 0 Å². The lowest BCUT2D eigenvalue weighted by Crippen LogP contribution is -2.35. The van der Waals surface area contributed by atoms with Crippen molar-refractivity contribution >= 4 is 0 Å². The standard InChI is InChI=1S/C13H23N3O/c1-4-16-11(8-9-15-16)12(14-3)13(17-5-2)10-6-7-10/h8-10,12-14H,4-7H2,1-3H3. The summed E-state index contributed by atoms with van der Waals surface area (Å²) in [6.45, 7) is 5.87. The Morgan fingerprint density at radius 2 is 2.29 bits per heavy atom. The highest BCUT2D eigenvalue weighted by molar-refractivity contribution is 5.11. The number of aromatic nitrogens is 2. The Labute approximate surface area is 103 Å². The zero-order valence-corrected chi connectivity index (χ0v) is 11.0. The van der Waals surface area contributed by atoms with E-state index in [1.54, 1.807) is 0 Å². The number of hydrogen-bond acceptors (Lipinski definition) is 3. The Balaban J connectivity index is 2.18. The molecule has 1 aliphatic carbocycles. The van der Waals surface area contributed by atoms with Gasteiger partial charge in [-0.25, -0.2) is 0 Å². The van der Waals surface area contributed by atoms with Gasteiger partial charge in [-0.05, 0) is 45.7 Å². The highest BCUT2D eigenvalue weighted by Gasteiger charge is 2.38. The molecule has 4 heteroatoms. The second-order valence-electron chi connectivity index (χ2n) is 4.60. The van der Waals surface area contributed by atoms with E-state index in [1.165, 1.54) is 18.5 Å². The number of nitrogens with zero attached hydrogens (tertiary/aromatic N) is 2. The van der Waals surface area contributed by atoms with E-state index in [0.717, 1.165) is 13.2 Å². The van der Waals surface area contributed by atoms with Crippen molar-refractivity contribution in [3.05, 3.63) is 18.0 Å². The summed E-state index contributed by atoms with van der Waals surface area (Å²) < 4.78 is 7.99. The van der Waals surface area contributed by atoms with Crippen molar-refractivity contribution in [1.82, 2.24) is 15.1 Å². The molecule has 1 aromatic heterocycles. The highest BCUT2D eigenvalue weighted by atomic mass is 16.5. The smallest absolute Gasteiger partial charge is 0.0812 e. The average molecular weight is 237 g/mol. The van der Waals surface area contributed by atoms with Crippen LogP contribution in [0.1, 0.15) is 38.4 Å². The van der Waals surface area contributed by atoms with Gasteiger partial charge in [0.1, 0.15) is 0 Å². The van der Waals surface area contributed by atoms with Crippen molar-refractivity contribution in [2.75, 3.05) is 13.7 Å². The van der Waals surface area contributed by atoms with Crippen LogP contribution in [0.3, 0.4) is 0 Å². The van der Waals surface area contributed by atoms with Gasteiger partial charge in [0.25, 0.3) is 0 Å². The maximum Gasteiger partial charge on any atom is 0.0812 e. The predicted molar refractivity (Wildman–Crippen MR) is 67.8 cm³/mol. The molecule has 17 heavy (non-hydrogen) atoms. The minimum atomic E-state index is 0.255. The molecule has 0 radical (unpaired) electrons. The van der Waals surface area contributed by atoms with Gasteiger partial charge in [0, 0.05) is 19.3 Å². The number of ether oxygens (including phenoxy) is 1. The van der Waals surface area contributed by atoms with Gasteiger partial charge in [0.05, 0.1) is 17.8 Å². The molecule has 0 saturated heterocycles. The van der Waals surface area contributed by atoms with Gasteiger partial charge in [-0.1, -0.05) is 0 Å². The van der Waals surface area contributed by atoms with E-state index in [0.29, 0.717) is 5.92 Å². The van der Waals surface area contributed by atoms with Crippen LogP contribution in [0.2, 0.25) is 0 Å². The topological polar surface area (TPSA) is 39.1 Å². The van der Waals surface area contributed by atoms with Crippen LogP contribution in [0.25, 0.3) is 0 Å². The Morgan fingerprint density at radius 1 is 1.53 bits per heavy atom. The summed E-state index contributed by atoms with van der Waals surface area (Å²) in [5.41, 5.74) is 1.24. The van der Waals surface area contributed by atoms with Crippen LogP contribution in [0.5, 0.6) is 0 Å². The van der Waals surface area contributed by atoms with Gasteiger partial charge in [-0.3, -0.25) is 4.68 Å². The van der Waals surface area contributed by atoms with E-state index < -0.39 is 0 Å². The molecule has 0 amide bonds. The largest absolute Gasteiger partial charge is 0.376 e. The lowest BCUT2D eigenvalue weighted by Gasteiger charge is -2.27. The molecule has 4 nitrogen and oxygen atoms in total. The van der Waals surface area contributed by atoms with E-state index >= 15 is 0 Å².